The van der Waals surface area contributed by atoms with Gasteiger partial charge in [-0.3, -0.25) is 4.79 Å². The van der Waals surface area contributed by atoms with Crippen LogP contribution in [0.25, 0.3) is 5.57 Å². The van der Waals surface area contributed by atoms with Crippen molar-refractivity contribution in [3.8, 4) is 12.1 Å². The lowest BCUT2D eigenvalue weighted by Gasteiger charge is -2.17. The van der Waals surface area contributed by atoms with Crippen LogP contribution in [0.4, 0.5) is 0 Å². The highest BCUT2D eigenvalue weighted by atomic mass is 16.1. The normalized spacial score (nSPS) is 20.0. The highest BCUT2D eigenvalue weighted by molar-refractivity contribution is 6.27. The quantitative estimate of drug-likeness (QED) is 0.542. The molecule has 24 heavy (non-hydrogen) atoms. The third-order valence-electron chi connectivity index (χ3n) is 4.98. The fourth-order valence-electron chi connectivity index (χ4n) is 3.76. The van der Waals surface area contributed by atoms with Crippen LogP contribution in [0.5, 0.6) is 0 Å². The Morgan fingerprint density at radius 2 is 1.54 bits per heavy atom. The monoisotopic (exact) mass is 316 g/mol. The lowest BCUT2D eigenvalue weighted by molar-refractivity contribution is 0.104. The average Bonchev–Trinajstić information content (AvgIpc) is 2.85. The summed E-state index contributed by atoms with van der Waals surface area (Å²) in [6.45, 7) is 0. The molecule has 0 N–H and O–H groups in total. The molecule has 3 nitrogen and oxygen atoms in total. The minimum Gasteiger partial charge on any atom is -0.289 e. The largest absolute Gasteiger partial charge is 0.289 e. The first-order valence-electron chi connectivity index (χ1n) is 8.67. The smallest absolute Gasteiger partial charge is 0.194 e. The van der Waals surface area contributed by atoms with Gasteiger partial charge in [-0.05, 0) is 24.3 Å². The minimum absolute atomic E-state index is 0.0328. The van der Waals surface area contributed by atoms with Crippen molar-refractivity contribution in [3.05, 3.63) is 52.6 Å². The van der Waals surface area contributed by atoms with Gasteiger partial charge in [-0.2, -0.15) is 10.5 Å². The Morgan fingerprint density at radius 1 is 0.958 bits per heavy atom. The lowest BCUT2D eigenvalue weighted by atomic mass is 9.88. The molecule has 0 heterocycles. The first-order valence-corrected chi connectivity index (χ1v) is 8.67. The Labute approximate surface area is 142 Å². The molecule has 0 atom stereocenters. The van der Waals surface area contributed by atoms with Crippen LogP contribution < -0.4 is 0 Å². The molecule has 0 spiro atoms. The van der Waals surface area contributed by atoms with E-state index in [0.717, 1.165) is 18.4 Å². The summed E-state index contributed by atoms with van der Waals surface area (Å²) in [5.74, 6) is 0.304. The van der Waals surface area contributed by atoms with Crippen molar-refractivity contribution in [2.45, 2.75) is 44.9 Å². The van der Waals surface area contributed by atoms with Crippen molar-refractivity contribution in [3.63, 3.8) is 0 Å². The molecule has 1 fully saturated rings. The minimum atomic E-state index is -0.0503. The van der Waals surface area contributed by atoms with Gasteiger partial charge in [0.2, 0.25) is 0 Å². The number of nitrogens with zero attached hydrogens (tertiary/aromatic N) is 2. The van der Waals surface area contributed by atoms with Gasteiger partial charge in [-0.1, -0.05) is 62.4 Å². The predicted octanol–water partition coefficient (Wildman–Crippen LogP) is 4.97. The van der Waals surface area contributed by atoms with Crippen LogP contribution in [0.1, 0.15) is 60.9 Å². The van der Waals surface area contributed by atoms with Gasteiger partial charge in [0.05, 0.1) is 0 Å². The molecule has 3 heteroatoms. The van der Waals surface area contributed by atoms with E-state index in [-0.39, 0.29) is 11.4 Å². The second kappa shape index (κ2) is 7.28. The number of nitriles is 2. The van der Waals surface area contributed by atoms with Gasteiger partial charge in [-0.15, -0.1) is 0 Å². The van der Waals surface area contributed by atoms with E-state index < -0.39 is 0 Å². The Bertz CT molecular complexity index is 778. The second-order valence-electron chi connectivity index (χ2n) is 6.53. The van der Waals surface area contributed by atoms with Crippen LogP contribution in [0, 0.1) is 28.6 Å². The molecule has 2 aliphatic rings. The molecular formula is C21H20N2O. The zero-order chi connectivity index (χ0) is 16.9. The van der Waals surface area contributed by atoms with Gasteiger partial charge < -0.3 is 0 Å². The van der Waals surface area contributed by atoms with E-state index in [9.17, 15) is 15.3 Å². The number of Topliss-reactive ketones (excluding diaryl/α,β-unsaturated/α-hetero) is 1. The molecule has 0 aliphatic heterocycles. The molecule has 0 aromatic heterocycles. The number of hydrogen-bond donors (Lipinski definition) is 0. The Hall–Kier alpha value is -2.65. The zero-order valence-electron chi connectivity index (χ0n) is 13.7. The Balaban J connectivity index is 2.07. The average molecular weight is 316 g/mol. The molecule has 0 amide bonds. The zero-order valence-corrected chi connectivity index (χ0v) is 13.7. The maximum absolute atomic E-state index is 12.8. The number of ketones is 1. The molecule has 0 bridgehead atoms. The maximum Gasteiger partial charge on any atom is 0.194 e. The van der Waals surface area contributed by atoms with Crippen LogP contribution in [0.2, 0.25) is 0 Å². The second-order valence-corrected chi connectivity index (χ2v) is 6.53. The first-order chi connectivity index (χ1) is 11.8. The molecule has 120 valence electrons. The molecule has 1 aromatic carbocycles. The van der Waals surface area contributed by atoms with Crippen LogP contribution in [-0.4, -0.2) is 5.78 Å². The van der Waals surface area contributed by atoms with Crippen molar-refractivity contribution in [1.82, 2.24) is 0 Å². The number of rotatable bonds is 1. The molecule has 0 saturated heterocycles. The summed E-state index contributed by atoms with van der Waals surface area (Å²) in [6.07, 6.45) is 10.3. The van der Waals surface area contributed by atoms with Crippen LogP contribution in [-0.2, 0) is 0 Å². The van der Waals surface area contributed by atoms with Gasteiger partial charge in [0.1, 0.15) is 17.7 Å². The van der Waals surface area contributed by atoms with E-state index in [0.29, 0.717) is 22.6 Å². The number of carbonyl (C=O) groups is 1. The van der Waals surface area contributed by atoms with Gasteiger partial charge in [0.25, 0.3) is 0 Å². The van der Waals surface area contributed by atoms with Crippen molar-refractivity contribution < 1.29 is 4.79 Å². The molecule has 0 radical (unpaired) electrons. The Kier molecular flexibility index (Phi) is 4.92. The summed E-state index contributed by atoms with van der Waals surface area (Å²) in [4.78, 5) is 12.8. The van der Waals surface area contributed by atoms with E-state index in [4.69, 9.17) is 0 Å². The molecule has 1 aromatic rings. The van der Waals surface area contributed by atoms with E-state index in [1.54, 1.807) is 6.07 Å². The van der Waals surface area contributed by atoms with E-state index in [2.05, 4.69) is 0 Å². The fraction of sp³-hybridized carbons (Fsp3) is 0.381. The summed E-state index contributed by atoms with van der Waals surface area (Å²) >= 11 is 0. The van der Waals surface area contributed by atoms with Gasteiger partial charge >= 0.3 is 0 Å². The molecular weight excluding hydrogens is 296 g/mol. The topological polar surface area (TPSA) is 64.7 Å². The highest BCUT2D eigenvalue weighted by Crippen LogP contribution is 2.40. The SMILES string of the molecule is N#CC(C#N)=C1/C(=C/C2CCCCCCC2)C(=O)c2ccccc21. The van der Waals surface area contributed by atoms with E-state index >= 15 is 0 Å². The van der Waals surface area contributed by atoms with E-state index in [1.807, 2.05) is 36.4 Å². The van der Waals surface area contributed by atoms with Crippen LogP contribution in [0.15, 0.2) is 41.5 Å². The van der Waals surface area contributed by atoms with E-state index in [1.165, 1.54) is 32.1 Å². The van der Waals surface area contributed by atoms with Crippen molar-refractivity contribution >= 4 is 11.4 Å². The summed E-state index contributed by atoms with van der Waals surface area (Å²) in [6, 6.07) is 11.2. The van der Waals surface area contributed by atoms with Crippen LogP contribution in [0.3, 0.4) is 0 Å². The maximum atomic E-state index is 12.8. The third kappa shape index (κ3) is 3.03. The molecule has 2 aliphatic carbocycles. The Morgan fingerprint density at radius 3 is 2.17 bits per heavy atom. The van der Waals surface area contributed by atoms with Crippen LogP contribution >= 0.6 is 0 Å². The third-order valence-corrected chi connectivity index (χ3v) is 4.98. The number of carbonyl (C=O) groups excluding carboxylic acids is 1. The molecule has 0 unspecified atom stereocenters. The predicted molar refractivity (Wildman–Crippen MR) is 92.8 cm³/mol. The summed E-state index contributed by atoms with van der Waals surface area (Å²) in [7, 11) is 0. The number of fused-ring (bicyclic) bond motifs is 1. The van der Waals surface area contributed by atoms with Gasteiger partial charge in [0, 0.05) is 16.7 Å². The summed E-state index contributed by atoms with van der Waals surface area (Å²) < 4.78 is 0. The lowest BCUT2D eigenvalue weighted by Crippen LogP contribution is -2.05. The van der Waals surface area contributed by atoms with Crippen molar-refractivity contribution in [2.75, 3.05) is 0 Å². The number of allylic oxidation sites excluding steroid dienone is 4. The van der Waals surface area contributed by atoms with Gasteiger partial charge in [0.15, 0.2) is 5.78 Å². The van der Waals surface area contributed by atoms with Crippen molar-refractivity contribution in [2.24, 2.45) is 5.92 Å². The summed E-state index contributed by atoms with van der Waals surface area (Å²) in [5, 5.41) is 18.7. The number of hydrogen-bond acceptors (Lipinski definition) is 3. The molecule has 1 saturated carbocycles. The molecule has 3 rings (SSSR count). The fourth-order valence-corrected chi connectivity index (χ4v) is 3.76. The summed E-state index contributed by atoms with van der Waals surface area (Å²) in [5.41, 5.74) is 2.44. The number of benzene rings is 1. The van der Waals surface area contributed by atoms with Crippen molar-refractivity contribution in [1.29, 1.82) is 10.5 Å². The standard InChI is InChI=1S/C21H20N2O/c22-13-16(14-23)20-17-10-6-7-11-18(17)21(24)19(20)12-15-8-4-2-1-3-5-9-15/h6-7,10-12,15H,1-5,8-9H2/b19-12-. The van der Waals surface area contributed by atoms with Gasteiger partial charge in [-0.25, -0.2) is 0 Å². The first kappa shape index (κ1) is 16.2. The highest BCUT2D eigenvalue weighted by Gasteiger charge is 2.32.